The van der Waals surface area contributed by atoms with Gasteiger partial charge in [0.25, 0.3) is 0 Å². The van der Waals surface area contributed by atoms with Gasteiger partial charge in [-0.3, -0.25) is 14.4 Å². The van der Waals surface area contributed by atoms with E-state index in [0.29, 0.717) is 12.8 Å². The van der Waals surface area contributed by atoms with E-state index in [1.165, 1.54) is 12.8 Å². The van der Waals surface area contributed by atoms with Crippen molar-refractivity contribution in [1.82, 2.24) is 0 Å². The maximum Gasteiger partial charge on any atom is 0.203 e. The summed E-state index contributed by atoms with van der Waals surface area (Å²) in [6.45, 7) is 10.9. The van der Waals surface area contributed by atoms with Crippen LogP contribution >= 0.6 is 0 Å². The minimum Gasteiger partial charge on any atom is -0.508 e. The number of allylic oxidation sites excluding steroid dienone is 1. The summed E-state index contributed by atoms with van der Waals surface area (Å²) < 4.78 is 0. The highest BCUT2D eigenvalue weighted by atomic mass is 16.3. The SMILES string of the molecule is CC(=O)C1=C(O)[C@]2(O)C(=O)C3=C(O)c4c(O)c(CCC5(C)CCCC5)cc(C(C)C)c4C[C@]3(C)C[C@]2(C)CC1=O. The average molecular weight is 551 g/mol. The van der Waals surface area contributed by atoms with Crippen LogP contribution in [-0.4, -0.2) is 43.4 Å². The Bertz CT molecular complexity index is 1410. The lowest BCUT2D eigenvalue weighted by Gasteiger charge is -2.56. The van der Waals surface area contributed by atoms with Gasteiger partial charge in [0.15, 0.2) is 17.2 Å². The fraction of sp³-hybridized carbons (Fsp3) is 0.606. The van der Waals surface area contributed by atoms with Crippen LogP contribution in [0.25, 0.3) is 5.76 Å². The third-order valence-electron chi connectivity index (χ3n) is 10.6. The Morgan fingerprint density at radius 2 is 1.65 bits per heavy atom. The first-order valence-electron chi connectivity index (χ1n) is 14.6. The van der Waals surface area contributed by atoms with E-state index < -0.39 is 50.9 Å². The molecule has 1 aromatic carbocycles. The van der Waals surface area contributed by atoms with Crippen LogP contribution in [0.3, 0.4) is 0 Å². The second-order valence-corrected chi connectivity index (χ2v) is 14.1. The van der Waals surface area contributed by atoms with E-state index in [1.807, 2.05) is 13.0 Å². The summed E-state index contributed by atoms with van der Waals surface area (Å²) >= 11 is 0. The van der Waals surface area contributed by atoms with E-state index in [-0.39, 0.29) is 41.1 Å². The Kier molecular flexibility index (Phi) is 6.46. The molecule has 0 heterocycles. The van der Waals surface area contributed by atoms with Gasteiger partial charge in [0.1, 0.15) is 22.8 Å². The predicted octanol–water partition coefficient (Wildman–Crippen LogP) is 5.94. The zero-order chi connectivity index (χ0) is 29.6. The molecule has 40 heavy (non-hydrogen) atoms. The minimum absolute atomic E-state index is 0.0517. The molecule has 7 heteroatoms. The molecule has 5 rings (SSSR count). The standard InChI is InChI=1S/C33H42O7/c1-17(2)20-13-19(9-12-30(4)10-7-8-11-30)26(36)24-21(20)14-31(5)16-32(6)15-22(35)23(18(3)34)28(38)33(32,40)29(39)25(31)27(24)37/h13,17,36-38,40H,7-12,14-16H2,1-6H3/t31-,32+,33+/m1/s1. The lowest BCUT2D eigenvalue weighted by Crippen LogP contribution is -2.65. The molecule has 0 aliphatic heterocycles. The smallest absolute Gasteiger partial charge is 0.203 e. The Labute approximate surface area is 236 Å². The summed E-state index contributed by atoms with van der Waals surface area (Å²) in [4.78, 5) is 39.4. The minimum atomic E-state index is -2.55. The molecular weight excluding hydrogens is 508 g/mol. The fourth-order valence-electron chi connectivity index (χ4n) is 8.43. The molecule has 2 saturated carbocycles. The van der Waals surface area contributed by atoms with E-state index in [4.69, 9.17) is 0 Å². The lowest BCUT2D eigenvalue weighted by molar-refractivity contribution is -0.164. The number of carbonyl (C=O) groups excluding carboxylic acids is 3. The third kappa shape index (κ3) is 3.83. The number of benzene rings is 1. The molecule has 1 aromatic rings. The maximum absolute atomic E-state index is 14.2. The number of hydrogen-bond acceptors (Lipinski definition) is 7. The lowest BCUT2D eigenvalue weighted by atomic mass is 9.47. The van der Waals surface area contributed by atoms with Crippen LogP contribution in [0, 0.1) is 16.2 Å². The number of aromatic hydroxyl groups is 1. The number of aryl methyl sites for hydroxylation is 1. The first kappa shape index (κ1) is 28.6. The predicted molar refractivity (Wildman–Crippen MR) is 151 cm³/mol. The number of ketones is 3. The molecule has 0 unspecified atom stereocenters. The van der Waals surface area contributed by atoms with Crippen LogP contribution in [0.2, 0.25) is 0 Å². The first-order chi connectivity index (χ1) is 18.5. The maximum atomic E-state index is 14.2. The zero-order valence-corrected chi connectivity index (χ0v) is 24.5. The topological polar surface area (TPSA) is 132 Å². The second kappa shape index (κ2) is 9.04. The summed E-state index contributed by atoms with van der Waals surface area (Å²) in [7, 11) is 0. The van der Waals surface area contributed by atoms with Crippen molar-refractivity contribution >= 4 is 23.1 Å². The van der Waals surface area contributed by atoms with E-state index in [9.17, 15) is 34.8 Å². The number of phenols is 1. The van der Waals surface area contributed by atoms with E-state index in [1.54, 1.807) is 6.92 Å². The Morgan fingerprint density at radius 3 is 2.23 bits per heavy atom. The Balaban J connectivity index is 1.70. The molecule has 4 aliphatic rings. The molecule has 0 saturated heterocycles. The van der Waals surface area contributed by atoms with Gasteiger partial charge < -0.3 is 20.4 Å². The van der Waals surface area contributed by atoms with Crippen molar-refractivity contribution < 1.29 is 34.8 Å². The third-order valence-corrected chi connectivity index (χ3v) is 10.6. The molecule has 0 radical (unpaired) electrons. The zero-order valence-electron chi connectivity index (χ0n) is 24.5. The van der Waals surface area contributed by atoms with Crippen molar-refractivity contribution in [2.24, 2.45) is 16.2 Å². The first-order valence-corrected chi connectivity index (χ1v) is 14.6. The number of aliphatic hydroxyl groups excluding tert-OH is 2. The van der Waals surface area contributed by atoms with Gasteiger partial charge >= 0.3 is 0 Å². The largest absolute Gasteiger partial charge is 0.508 e. The van der Waals surface area contributed by atoms with Gasteiger partial charge in [0.05, 0.1) is 5.56 Å². The highest BCUT2D eigenvalue weighted by molar-refractivity contribution is 6.23. The molecule has 0 spiro atoms. The van der Waals surface area contributed by atoms with Crippen LogP contribution in [0.5, 0.6) is 5.75 Å². The highest BCUT2D eigenvalue weighted by Gasteiger charge is 2.68. The Hall–Kier alpha value is -2.93. The molecule has 216 valence electrons. The fourth-order valence-corrected chi connectivity index (χ4v) is 8.43. The number of phenolic OH excluding ortho intramolecular Hbond substituents is 1. The summed E-state index contributed by atoms with van der Waals surface area (Å²) in [5.41, 5.74) is -2.65. The molecule has 4 N–H and O–H groups in total. The molecule has 0 bridgehead atoms. The van der Waals surface area contributed by atoms with Crippen LogP contribution in [0.4, 0.5) is 0 Å². The monoisotopic (exact) mass is 550 g/mol. The molecule has 0 aromatic heterocycles. The summed E-state index contributed by atoms with van der Waals surface area (Å²) in [5.74, 6) is -3.57. The van der Waals surface area contributed by atoms with Crippen molar-refractivity contribution in [2.75, 3.05) is 0 Å². The van der Waals surface area contributed by atoms with Crippen molar-refractivity contribution in [2.45, 2.75) is 111 Å². The van der Waals surface area contributed by atoms with Gasteiger partial charge in [0.2, 0.25) is 5.78 Å². The van der Waals surface area contributed by atoms with E-state index in [2.05, 4.69) is 20.8 Å². The van der Waals surface area contributed by atoms with Crippen molar-refractivity contribution in [1.29, 1.82) is 0 Å². The molecule has 0 amide bonds. The van der Waals surface area contributed by atoms with Gasteiger partial charge in [-0.2, -0.15) is 0 Å². The highest BCUT2D eigenvalue weighted by Crippen LogP contribution is 2.63. The van der Waals surface area contributed by atoms with Gasteiger partial charge in [-0.05, 0) is 73.5 Å². The van der Waals surface area contributed by atoms with E-state index in [0.717, 1.165) is 42.9 Å². The number of aliphatic hydroxyl groups is 3. The van der Waals surface area contributed by atoms with Crippen LogP contribution in [0.15, 0.2) is 23.0 Å². The average Bonchev–Trinajstić information content (AvgIpc) is 3.26. The summed E-state index contributed by atoms with van der Waals surface area (Å²) in [5, 5.41) is 46.3. The number of fused-ring (bicyclic) bond motifs is 3. The van der Waals surface area contributed by atoms with Gasteiger partial charge in [-0.15, -0.1) is 0 Å². The number of carbonyl (C=O) groups is 3. The van der Waals surface area contributed by atoms with Crippen LogP contribution in [-0.2, 0) is 27.2 Å². The number of hydrogen-bond donors (Lipinski definition) is 4. The van der Waals surface area contributed by atoms with Crippen LogP contribution < -0.4 is 0 Å². The van der Waals surface area contributed by atoms with Gasteiger partial charge in [-0.25, -0.2) is 0 Å². The summed E-state index contributed by atoms with van der Waals surface area (Å²) in [6, 6.07) is 2.04. The molecule has 4 aliphatic carbocycles. The van der Waals surface area contributed by atoms with Crippen LogP contribution in [0.1, 0.15) is 115 Å². The second-order valence-electron chi connectivity index (χ2n) is 14.1. The molecule has 3 atom stereocenters. The quantitative estimate of drug-likeness (QED) is 0.333. The van der Waals surface area contributed by atoms with Gasteiger partial charge in [0, 0.05) is 22.8 Å². The molecule has 2 fully saturated rings. The van der Waals surface area contributed by atoms with Gasteiger partial charge in [-0.1, -0.05) is 53.5 Å². The number of rotatable bonds is 5. The number of Topliss-reactive ketones (excluding diaryl/α,β-unsaturated/α-hetero) is 3. The van der Waals surface area contributed by atoms with Crippen molar-refractivity contribution in [3.63, 3.8) is 0 Å². The molecule has 7 nitrogen and oxygen atoms in total. The normalized spacial score (nSPS) is 31.4. The summed E-state index contributed by atoms with van der Waals surface area (Å²) in [6.07, 6.45) is 6.40. The van der Waals surface area contributed by atoms with E-state index >= 15 is 0 Å². The van der Waals surface area contributed by atoms with Crippen molar-refractivity contribution in [3.8, 4) is 5.75 Å². The van der Waals surface area contributed by atoms with Crippen molar-refractivity contribution in [3.05, 3.63) is 45.2 Å². The molecular formula is C33H42O7. The Morgan fingerprint density at radius 1 is 1.02 bits per heavy atom.